The molecule has 1 aromatic heterocycles. The van der Waals surface area contributed by atoms with Crippen LogP contribution in [0.15, 0.2) is 12.4 Å². The van der Waals surface area contributed by atoms with Crippen LogP contribution in [0.5, 0.6) is 0 Å². The van der Waals surface area contributed by atoms with Crippen LogP contribution in [0.1, 0.15) is 12.8 Å². The molecule has 0 aliphatic carbocycles. The maximum absolute atomic E-state index is 12.1. The van der Waals surface area contributed by atoms with Crippen molar-refractivity contribution in [1.29, 1.82) is 0 Å². The topological polar surface area (TPSA) is 99.5 Å². The zero-order valence-corrected chi connectivity index (χ0v) is 11.9. The fourth-order valence-electron chi connectivity index (χ4n) is 1.93. The number of aromatic nitrogens is 2. The molecule has 0 unspecified atom stereocenters. The van der Waals surface area contributed by atoms with Crippen LogP contribution in [0, 0.1) is 0 Å². The van der Waals surface area contributed by atoms with Gasteiger partial charge in [-0.3, -0.25) is 14.2 Å². The lowest BCUT2D eigenvalue weighted by molar-refractivity contribution is -0.141. The van der Waals surface area contributed by atoms with Crippen LogP contribution in [0.25, 0.3) is 0 Å². The van der Waals surface area contributed by atoms with Gasteiger partial charge in [-0.25, -0.2) is 8.42 Å². The van der Waals surface area contributed by atoms with Gasteiger partial charge in [-0.15, -0.1) is 0 Å². The Bertz CT molecular complexity index is 562. The fourth-order valence-corrected chi connectivity index (χ4v) is 3.35. The summed E-state index contributed by atoms with van der Waals surface area (Å²) in [6.45, 7) is 0.843. The van der Waals surface area contributed by atoms with Crippen molar-refractivity contribution >= 4 is 21.7 Å². The van der Waals surface area contributed by atoms with E-state index in [0.29, 0.717) is 31.7 Å². The first-order valence-electron chi connectivity index (χ1n) is 6.20. The van der Waals surface area contributed by atoms with Gasteiger partial charge in [0.1, 0.15) is 6.54 Å². The van der Waals surface area contributed by atoms with Crippen molar-refractivity contribution in [3.05, 3.63) is 12.4 Å². The van der Waals surface area contributed by atoms with E-state index in [1.165, 1.54) is 24.2 Å². The molecule has 0 atom stereocenters. The van der Waals surface area contributed by atoms with Crippen LogP contribution in [0.2, 0.25) is 0 Å². The van der Waals surface area contributed by atoms with Gasteiger partial charge in [0, 0.05) is 19.4 Å². The predicted molar refractivity (Wildman–Crippen MR) is 70.6 cm³/mol. The standard InChI is InChI=1S/C11H17N3O5S/c1-18-11(15)8-14-7-9(6-12-14)13-20(16,17)10-2-4-19-5-3-10/h6-7,10,13H,2-5,8H2,1H3. The van der Waals surface area contributed by atoms with Gasteiger partial charge < -0.3 is 9.47 Å². The Balaban J connectivity index is 2.00. The van der Waals surface area contributed by atoms with Crippen LogP contribution in [-0.2, 0) is 30.8 Å². The SMILES string of the molecule is COC(=O)Cn1cc(NS(=O)(=O)C2CCOCC2)cn1. The van der Waals surface area contributed by atoms with Crippen LogP contribution in [0.3, 0.4) is 0 Å². The fraction of sp³-hybridized carbons (Fsp3) is 0.636. The number of methoxy groups -OCH3 is 1. The first-order valence-corrected chi connectivity index (χ1v) is 7.74. The number of sulfonamides is 1. The molecule has 2 rings (SSSR count). The Morgan fingerprint density at radius 3 is 2.90 bits per heavy atom. The van der Waals surface area contributed by atoms with E-state index < -0.39 is 21.2 Å². The number of carbonyl (C=O) groups is 1. The van der Waals surface area contributed by atoms with Crippen LogP contribution in [-0.4, -0.2) is 49.7 Å². The molecule has 1 aliphatic heterocycles. The van der Waals surface area contributed by atoms with Crippen molar-refractivity contribution in [2.24, 2.45) is 0 Å². The minimum Gasteiger partial charge on any atom is -0.468 e. The van der Waals surface area contributed by atoms with Gasteiger partial charge >= 0.3 is 5.97 Å². The summed E-state index contributed by atoms with van der Waals surface area (Å²) < 4.78 is 37.7. The Labute approximate surface area is 117 Å². The van der Waals surface area contributed by atoms with Gasteiger partial charge in [-0.2, -0.15) is 5.10 Å². The second-order valence-corrected chi connectivity index (χ2v) is 6.42. The normalized spacial score (nSPS) is 16.9. The highest BCUT2D eigenvalue weighted by Gasteiger charge is 2.28. The van der Waals surface area contributed by atoms with Crippen molar-refractivity contribution in [2.75, 3.05) is 25.0 Å². The highest BCUT2D eigenvalue weighted by Crippen LogP contribution is 2.18. The van der Waals surface area contributed by atoms with E-state index in [0.717, 1.165) is 0 Å². The van der Waals surface area contributed by atoms with Gasteiger partial charge in [0.05, 0.1) is 24.2 Å². The molecule has 0 spiro atoms. The maximum Gasteiger partial charge on any atom is 0.327 e. The van der Waals surface area contributed by atoms with Crippen LogP contribution < -0.4 is 4.72 Å². The van der Waals surface area contributed by atoms with Gasteiger partial charge in [0.15, 0.2) is 0 Å². The number of anilines is 1. The van der Waals surface area contributed by atoms with Crippen molar-refractivity contribution in [3.8, 4) is 0 Å². The van der Waals surface area contributed by atoms with E-state index in [4.69, 9.17) is 4.74 Å². The lowest BCUT2D eigenvalue weighted by Gasteiger charge is -2.22. The summed E-state index contributed by atoms with van der Waals surface area (Å²) >= 11 is 0. The predicted octanol–water partition coefficient (Wildman–Crippen LogP) is -0.0232. The second kappa shape index (κ2) is 6.23. The van der Waals surface area contributed by atoms with E-state index in [1.807, 2.05) is 0 Å². The summed E-state index contributed by atoms with van der Waals surface area (Å²) in [6.07, 6.45) is 3.77. The molecule has 1 saturated heterocycles. The van der Waals surface area contributed by atoms with Gasteiger partial charge in [-0.05, 0) is 12.8 Å². The van der Waals surface area contributed by atoms with Crippen molar-refractivity contribution in [3.63, 3.8) is 0 Å². The number of carbonyl (C=O) groups excluding carboxylic acids is 1. The smallest absolute Gasteiger partial charge is 0.327 e. The first-order chi connectivity index (χ1) is 9.51. The number of nitrogens with zero attached hydrogens (tertiary/aromatic N) is 2. The molecule has 0 aromatic carbocycles. The highest BCUT2D eigenvalue weighted by atomic mass is 32.2. The molecule has 0 bridgehead atoms. The Hall–Kier alpha value is -1.61. The molecule has 8 nitrogen and oxygen atoms in total. The molecule has 0 radical (unpaired) electrons. The van der Waals surface area contributed by atoms with Crippen LogP contribution >= 0.6 is 0 Å². The maximum atomic E-state index is 12.1. The summed E-state index contributed by atoms with van der Waals surface area (Å²) in [7, 11) is -2.18. The molecular formula is C11H17N3O5S. The van der Waals surface area contributed by atoms with E-state index in [9.17, 15) is 13.2 Å². The summed E-state index contributed by atoms with van der Waals surface area (Å²) in [4.78, 5) is 11.1. The minimum absolute atomic E-state index is 0.0600. The quantitative estimate of drug-likeness (QED) is 0.767. The molecule has 112 valence electrons. The first kappa shape index (κ1) is 14.8. The van der Waals surface area contributed by atoms with Crippen molar-refractivity contribution in [1.82, 2.24) is 9.78 Å². The second-order valence-electron chi connectivity index (χ2n) is 4.46. The molecule has 1 aromatic rings. The Kier molecular flexibility index (Phi) is 4.61. The Morgan fingerprint density at radius 2 is 2.25 bits per heavy atom. The van der Waals surface area contributed by atoms with E-state index in [2.05, 4.69) is 14.6 Å². The van der Waals surface area contributed by atoms with Crippen molar-refractivity contribution < 1.29 is 22.7 Å². The third-order valence-electron chi connectivity index (χ3n) is 3.02. The molecular weight excluding hydrogens is 286 g/mol. The number of rotatable bonds is 5. The molecule has 1 fully saturated rings. The van der Waals surface area contributed by atoms with Gasteiger partial charge in [0.25, 0.3) is 0 Å². The zero-order valence-electron chi connectivity index (χ0n) is 11.1. The monoisotopic (exact) mass is 303 g/mol. The average molecular weight is 303 g/mol. The Morgan fingerprint density at radius 1 is 1.55 bits per heavy atom. The zero-order chi connectivity index (χ0) is 14.6. The summed E-state index contributed by atoms with van der Waals surface area (Å²) in [5, 5.41) is 3.44. The molecule has 9 heteroatoms. The number of esters is 1. The minimum atomic E-state index is -3.46. The highest BCUT2D eigenvalue weighted by molar-refractivity contribution is 7.93. The summed E-state index contributed by atoms with van der Waals surface area (Å²) in [5.74, 6) is -0.452. The lowest BCUT2D eigenvalue weighted by atomic mass is 10.2. The molecule has 1 aliphatic rings. The van der Waals surface area contributed by atoms with Crippen molar-refractivity contribution in [2.45, 2.75) is 24.6 Å². The largest absolute Gasteiger partial charge is 0.468 e. The van der Waals surface area contributed by atoms with Gasteiger partial charge in [0.2, 0.25) is 10.0 Å². The average Bonchev–Trinajstić information content (AvgIpc) is 2.86. The summed E-state index contributed by atoms with van der Waals surface area (Å²) in [5.41, 5.74) is 0.334. The number of nitrogens with one attached hydrogen (secondary N) is 1. The van der Waals surface area contributed by atoms with E-state index >= 15 is 0 Å². The lowest BCUT2D eigenvalue weighted by Crippen LogP contribution is -2.33. The number of hydrogen-bond acceptors (Lipinski definition) is 6. The molecule has 1 N–H and O–H groups in total. The number of hydrogen-bond donors (Lipinski definition) is 1. The van der Waals surface area contributed by atoms with E-state index in [1.54, 1.807) is 0 Å². The van der Waals surface area contributed by atoms with E-state index in [-0.39, 0.29) is 6.54 Å². The molecule has 2 heterocycles. The van der Waals surface area contributed by atoms with Gasteiger partial charge in [-0.1, -0.05) is 0 Å². The number of ether oxygens (including phenoxy) is 2. The third-order valence-corrected chi connectivity index (χ3v) is 4.89. The third kappa shape index (κ3) is 3.70. The molecule has 20 heavy (non-hydrogen) atoms. The molecule has 0 saturated carbocycles. The van der Waals surface area contributed by atoms with Crippen LogP contribution in [0.4, 0.5) is 5.69 Å². The molecule has 0 amide bonds. The summed E-state index contributed by atoms with van der Waals surface area (Å²) in [6, 6.07) is 0.